The van der Waals surface area contributed by atoms with Gasteiger partial charge in [0.2, 0.25) is 0 Å². The molecular weight excluding hydrogens is 270 g/mol. The number of piperazine rings is 1. The lowest BCUT2D eigenvalue weighted by atomic mass is 9.98. The number of rotatable bonds is 1. The van der Waals surface area contributed by atoms with Crippen LogP contribution in [-0.2, 0) is 9.53 Å². The van der Waals surface area contributed by atoms with Crippen molar-refractivity contribution < 1.29 is 14.3 Å². The van der Waals surface area contributed by atoms with E-state index in [-0.39, 0.29) is 17.9 Å². The zero-order valence-corrected chi connectivity index (χ0v) is 13.4. The summed E-state index contributed by atoms with van der Waals surface area (Å²) in [4.78, 5) is 28.3. The van der Waals surface area contributed by atoms with Crippen molar-refractivity contribution in [1.29, 1.82) is 0 Å². The molecule has 6 heteroatoms. The SMILES string of the molecule is CC(C)(C)OC(=O)C1CCCN(C(=O)N2CCNCC2)C1. The predicted octanol–water partition coefficient (Wildman–Crippen LogP) is 1.07. The van der Waals surface area contributed by atoms with E-state index in [9.17, 15) is 9.59 Å². The van der Waals surface area contributed by atoms with E-state index < -0.39 is 5.60 Å². The van der Waals surface area contributed by atoms with Crippen molar-refractivity contribution in [3.63, 3.8) is 0 Å². The van der Waals surface area contributed by atoms with Gasteiger partial charge in [0.25, 0.3) is 0 Å². The summed E-state index contributed by atoms with van der Waals surface area (Å²) in [5.41, 5.74) is -0.470. The molecule has 0 bridgehead atoms. The maximum Gasteiger partial charge on any atom is 0.320 e. The van der Waals surface area contributed by atoms with E-state index in [1.807, 2.05) is 30.6 Å². The van der Waals surface area contributed by atoms with Crippen molar-refractivity contribution in [2.45, 2.75) is 39.2 Å². The van der Waals surface area contributed by atoms with Gasteiger partial charge in [0, 0.05) is 39.3 Å². The molecule has 2 saturated heterocycles. The molecule has 1 atom stereocenters. The van der Waals surface area contributed by atoms with Crippen LogP contribution in [0.25, 0.3) is 0 Å². The molecule has 120 valence electrons. The van der Waals surface area contributed by atoms with Crippen LogP contribution < -0.4 is 5.32 Å². The van der Waals surface area contributed by atoms with Gasteiger partial charge in [-0.15, -0.1) is 0 Å². The second kappa shape index (κ2) is 6.64. The quantitative estimate of drug-likeness (QED) is 0.735. The van der Waals surface area contributed by atoms with Crippen molar-refractivity contribution >= 4 is 12.0 Å². The molecule has 2 aliphatic heterocycles. The first-order valence-corrected chi connectivity index (χ1v) is 7.84. The monoisotopic (exact) mass is 297 g/mol. The fourth-order valence-corrected chi connectivity index (χ4v) is 2.78. The molecule has 0 radical (unpaired) electrons. The van der Waals surface area contributed by atoms with Crippen LogP contribution in [0.15, 0.2) is 0 Å². The van der Waals surface area contributed by atoms with Gasteiger partial charge in [0.15, 0.2) is 0 Å². The summed E-state index contributed by atoms with van der Waals surface area (Å²) in [5.74, 6) is -0.370. The van der Waals surface area contributed by atoms with Crippen molar-refractivity contribution in [2.75, 3.05) is 39.3 Å². The van der Waals surface area contributed by atoms with Crippen LogP contribution >= 0.6 is 0 Å². The highest BCUT2D eigenvalue weighted by molar-refractivity contribution is 5.77. The van der Waals surface area contributed by atoms with Crippen molar-refractivity contribution in [1.82, 2.24) is 15.1 Å². The number of amides is 2. The van der Waals surface area contributed by atoms with Crippen LogP contribution in [0.1, 0.15) is 33.6 Å². The third-order valence-corrected chi connectivity index (χ3v) is 3.82. The molecule has 21 heavy (non-hydrogen) atoms. The number of hydrogen-bond acceptors (Lipinski definition) is 4. The molecule has 1 N–H and O–H groups in total. The molecule has 2 amide bonds. The Labute approximate surface area is 126 Å². The van der Waals surface area contributed by atoms with Gasteiger partial charge in [-0.25, -0.2) is 4.79 Å². The number of carbonyl (C=O) groups is 2. The van der Waals surface area contributed by atoms with Crippen molar-refractivity contribution in [3.05, 3.63) is 0 Å². The van der Waals surface area contributed by atoms with Crippen molar-refractivity contribution in [2.24, 2.45) is 5.92 Å². The average molecular weight is 297 g/mol. The van der Waals surface area contributed by atoms with Gasteiger partial charge in [-0.1, -0.05) is 0 Å². The molecule has 0 aromatic carbocycles. The van der Waals surface area contributed by atoms with E-state index in [2.05, 4.69) is 5.32 Å². The standard InChI is InChI=1S/C15H27N3O3/c1-15(2,3)21-13(19)12-5-4-8-18(11-12)14(20)17-9-6-16-7-10-17/h12,16H,4-11H2,1-3H3. The third kappa shape index (κ3) is 4.59. The lowest BCUT2D eigenvalue weighted by molar-refractivity contribution is -0.161. The lowest BCUT2D eigenvalue weighted by Gasteiger charge is -2.37. The van der Waals surface area contributed by atoms with Gasteiger partial charge >= 0.3 is 12.0 Å². The van der Waals surface area contributed by atoms with Crippen LogP contribution in [0.3, 0.4) is 0 Å². The highest BCUT2D eigenvalue weighted by atomic mass is 16.6. The highest BCUT2D eigenvalue weighted by Crippen LogP contribution is 2.21. The van der Waals surface area contributed by atoms with Crippen LogP contribution in [-0.4, -0.2) is 66.7 Å². The Bertz CT molecular complexity index is 386. The van der Waals surface area contributed by atoms with Crippen molar-refractivity contribution in [3.8, 4) is 0 Å². The summed E-state index contributed by atoms with van der Waals surface area (Å²) in [6.45, 7) is 10.0. The Hall–Kier alpha value is -1.30. The largest absolute Gasteiger partial charge is 0.460 e. The molecule has 0 saturated carbocycles. The topological polar surface area (TPSA) is 61.9 Å². The van der Waals surface area contributed by atoms with E-state index in [0.29, 0.717) is 6.54 Å². The second-order valence-corrected chi connectivity index (χ2v) is 6.84. The normalized spacial score (nSPS) is 23.9. The molecule has 2 heterocycles. The number of carbonyl (C=O) groups excluding carboxylic acids is 2. The Morgan fingerprint density at radius 1 is 1.10 bits per heavy atom. The number of nitrogens with one attached hydrogen (secondary N) is 1. The first kappa shape index (κ1) is 16.1. The Balaban J connectivity index is 1.90. The van der Waals surface area contributed by atoms with Gasteiger partial charge in [0.05, 0.1) is 5.92 Å². The summed E-state index contributed by atoms with van der Waals surface area (Å²) < 4.78 is 5.45. The molecule has 2 aliphatic rings. The Morgan fingerprint density at radius 3 is 2.38 bits per heavy atom. The molecule has 0 aromatic heterocycles. The number of ether oxygens (including phenoxy) is 1. The van der Waals surface area contributed by atoms with Gasteiger partial charge < -0.3 is 19.9 Å². The lowest BCUT2D eigenvalue weighted by Crippen LogP contribution is -2.54. The van der Waals surface area contributed by atoms with E-state index in [4.69, 9.17) is 4.74 Å². The molecular formula is C15H27N3O3. The first-order valence-electron chi connectivity index (χ1n) is 7.84. The Morgan fingerprint density at radius 2 is 1.76 bits per heavy atom. The summed E-state index contributed by atoms with van der Waals surface area (Å²) in [6, 6.07) is 0.0600. The maximum atomic E-state index is 12.5. The average Bonchev–Trinajstić information content (AvgIpc) is 2.46. The number of nitrogens with zero attached hydrogens (tertiary/aromatic N) is 2. The second-order valence-electron chi connectivity index (χ2n) is 6.84. The number of hydrogen-bond donors (Lipinski definition) is 1. The minimum absolute atomic E-state index is 0.0600. The maximum absolute atomic E-state index is 12.5. The van der Waals surface area contributed by atoms with Crippen LogP contribution in [0, 0.1) is 5.92 Å². The zero-order chi connectivity index (χ0) is 15.5. The van der Waals surface area contributed by atoms with Gasteiger partial charge in [0.1, 0.15) is 5.60 Å². The molecule has 6 nitrogen and oxygen atoms in total. The van der Waals surface area contributed by atoms with Gasteiger partial charge in [-0.3, -0.25) is 4.79 Å². The fourth-order valence-electron chi connectivity index (χ4n) is 2.78. The molecule has 0 spiro atoms. The summed E-state index contributed by atoms with van der Waals surface area (Å²) in [5, 5.41) is 3.24. The summed E-state index contributed by atoms with van der Waals surface area (Å²) in [7, 11) is 0. The fraction of sp³-hybridized carbons (Fsp3) is 0.867. The number of urea groups is 1. The van der Waals surface area contributed by atoms with E-state index >= 15 is 0 Å². The van der Waals surface area contributed by atoms with Crippen LogP contribution in [0.5, 0.6) is 0 Å². The van der Waals surface area contributed by atoms with Gasteiger partial charge in [-0.05, 0) is 33.6 Å². The molecule has 0 aliphatic carbocycles. The summed E-state index contributed by atoms with van der Waals surface area (Å²) >= 11 is 0. The zero-order valence-electron chi connectivity index (χ0n) is 13.4. The van der Waals surface area contributed by atoms with E-state index in [1.54, 1.807) is 0 Å². The smallest absolute Gasteiger partial charge is 0.320 e. The van der Waals surface area contributed by atoms with E-state index in [0.717, 1.165) is 45.6 Å². The van der Waals surface area contributed by atoms with Crippen LogP contribution in [0.2, 0.25) is 0 Å². The minimum Gasteiger partial charge on any atom is -0.460 e. The minimum atomic E-state index is -0.470. The number of piperidine rings is 1. The highest BCUT2D eigenvalue weighted by Gasteiger charge is 2.33. The Kier molecular flexibility index (Phi) is 5.08. The first-order chi connectivity index (χ1) is 9.87. The van der Waals surface area contributed by atoms with Crippen LogP contribution in [0.4, 0.5) is 4.79 Å². The predicted molar refractivity (Wildman–Crippen MR) is 80.0 cm³/mol. The molecule has 0 aromatic rings. The molecule has 2 fully saturated rings. The number of esters is 1. The third-order valence-electron chi connectivity index (χ3n) is 3.82. The summed E-state index contributed by atoms with van der Waals surface area (Å²) in [6.07, 6.45) is 1.67. The van der Waals surface area contributed by atoms with E-state index in [1.165, 1.54) is 0 Å². The molecule has 2 rings (SSSR count). The number of likely N-dealkylation sites (tertiary alicyclic amines) is 1. The van der Waals surface area contributed by atoms with Gasteiger partial charge in [-0.2, -0.15) is 0 Å². The molecule has 1 unspecified atom stereocenters.